The van der Waals surface area contributed by atoms with Crippen molar-refractivity contribution in [2.24, 2.45) is 0 Å². The summed E-state index contributed by atoms with van der Waals surface area (Å²) in [6.45, 7) is 1.88. The molecule has 0 saturated carbocycles. The molecule has 1 aliphatic heterocycles. The first-order chi connectivity index (χ1) is 14.3. The molecule has 0 aliphatic carbocycles. The minimum absolute atomic E-state index is 0.00224. The van der Waals surface area contributed by atoms with E-state index < -0.39 is 8.87 Å². The lowest BCUT2D eigenvalue weighted by Crippen LogP contribution is -2.50. The normalized spacial score (nSPS) is 14.6. The Labute approximate surface area is 180 Å². The second-order valence-electron chi connectivity index (χ2n) is 6.95. The van der Waals surface area contributed by atoms with Crippen LogP contribution in [-0.2, 0) is 13.7 Å². The van der Waals surface area contributed by atoms with Gasteiger partial charge in [-0.3, -0.25) is 19.6 Å². The van der Waals surface area contributed by atoms with Crippen LogP contribution in [0.1, 0.15) is 23.2 Å². The number of hydrogen-bond acceptors (Lipinski definition) is 7. The van der Waals surface area contributed by atoms with Gasteiger partial charge in [0.15, 0.2) is 8.87 Å². The predicted octanol–water partition coefficient (Wildman–Crippen LogP) is 1.90. The molecule has 2 amide bonds. The van der Waals surface area contributed by atoms with Gasteiger partial charge in [0.1, 0.15) is 0 Å². The summed E-state index contributed by atoms with van der Waals surface area (Å²) in [5.41, 5.74) is 1.96. The molecule has 3 rings (SSSR count). The van der Waals surface area contributed by atoms with Crippen LogP contribution in [0.15, 0.2) is 42.7 Å². The van der Waals surface area contributed by atoms with Crippen molar-refractivity contribution >= 4 is 31.5 Å². The summed E-state index contributed by atoms with van der Waals surface area (Å²) in [4.78, 5) is 37.1. The van der Waals surface area contributed by atoms with E-state index in [-0.39, 0.29) is 11.8 Å². The maximum atomic E-state index is 12.7. The topological polar surface area (TPSA) is 101 Å². The number of nitrogens with zero attached hydrogens (tertiary/aromatic N) is 4. The number of carbonyl (C=O) groups excluding carboxylic acids is 2. The Kier molecular flexibility index (Phi) is 7.43. The molecular weight excluding hydrogens is 424 g/mol. The zero-order valence-electron chi connectivity index (χ0n) is 16.7. The Bertz CT molecular complexity index is 974. The van der Waals surface area contributed by atoms with Crippen molar-refractivity contribution in [2.45, 2.75) is 12.8 Å². The summed E-state index contributed by atoms with van der Waals surface area (Å²) in [5.74, 6) is 0.300. The third kappa shape index (κ3) is 6.27. The highest BCUT2D eigenvalue weighted by molar-refractivity contribution is 8.71. The Morgan fingerprint density at radius 1 is 1.00 bits per heavy atom. The maximum Gasteiger partial charge on any atom is 0.255 e. The van der Waals surface area contributed by atoms with Crippen LogP contribution in [0.2, 0.25) is 0 Å². The van der Waals surface area contributed by atoms with Gasteiger partial charge < -0.3 is 9.80 Å². The summed E-state index contributed by atoms with van der Waals surface area (Å²) in [6.07, 6.45) is 5.25. The van der Waals surface area contributed by atoms with Gasteiger partial charge in [-0.15, -0.1) is 0 Å². The van der Waals surface area contributed by atoms with E-state index in [2.05, 4.69) is 9.97 Å². The van der Waals surface area contributed by atoms with Crippen LogP contribution < -0.4 is 0 Å². The Morgan fingerprint density at radius 2 is 1.70 bits per heavy atom. The number of piperazine rings is 1. The molecule has 0 N–H and O–H groups in total. The molecule has 0 bridgehead atoms. The van der Waals surface area contributed by atoms with E-state index in [1.807, 2.05) is 18.2 Å². The van der Waals surface area contributed by atoms with Crippen LogP contribution in [0.5, 0.6) is 0 Å². The first-order valence-electron chi connectivity index (χ1n) is 9.62. The smallest absolute Gasteiger partial charge is 0.255 e. The monoisotopic (exact) mass is 448 g/mol. The van der Waals surface area contributed by atoms with Gasteiger partial charge in [0, 0.05) is 57.0 Å². The largest absolute Gasteiger partial charge is 0.339 e. The fourth-order valence-electron chi connectivity index (χ4n) is 3.12. The molecule has 2 aromatic rings. The van der Waals surface area contributed by atoms with E-state index in [4.69, 9.17) is 0 Å². The fourth-order valence-corrected chi connectivity index (χ4v) is 4.95. The zero-order chi connectivity index (χ0) is 21.6. The van der Waals surface area contributed by atoms with Gasteiger partial charge in [-0.1, -0.05) is 6.07 Å². The van der Waals surface area contributed by atoms with Crippen molar-refractivity contribution in [1.29, 1.82) is 0 Å². The van der Waals surface area contributed by atoms with Gasteiger partial charge >= 0.3 is 0 Å². The average molecular weight is 449 g/mol. The van der Waals surface area contributed by atoms with Crippen molar-refractivity contribution in [3.63, 3.8) is 0 Å². The van der Waals surface area contributed by atoms with Crippen molar-refractivity contribution in [1.82, 2.24) is 19.8 Å². The lowest BCUT2D eigenvalue weighted by molar-refractivity contribution is -0.132. The highest BCUT2D eigenvalue weighted by Crippen LogP contribution is 2.16. The van der Waals surface area contributed by atoms with Crippen LogP contribution >= 0.6 is 10.8 Å². The van der Waals surface area contributed by atoms with Crippen molar-refractivity contribution in [3.05, 3.63) is 48.3 Å². The molecule has 8 nitrogen and oxygen atoms in total. The lowest BCUT2D eigenvalue weighted by Gasteiger charge is -2.34. The van der Waals surface area contributed by atoms with E-state index in [1.54, 1.807) is 34.3 Å². The lowest BCUT2D eigenvalue weighted by atomic mass is 10.1. The summed E-state index contributed by atoms with van der Waals surface area (Å²) in [7, 11) is -2.21. The predicted molar refractivity (Wildman–Crippen MR) is 116 cm³/mol. The molecule has 160 valence electrons. The number of rotatable bonds is 7. The molecule has 0 radical (unpaired) electrons. The second kappa shape index (κ2) is 10.0. The van der Waals surface area contributed by atoms with E-state index in [0.717, 1.165) is 22.7 Å². The zero-order valence-corrected chi connectivity index (χ0v) is 18.4. The number of carbonyl (C=O) groups is 2. The molecule has 0 aromatic carbocycles. The van der Waals surface area contributed by atoms with E-state index in [0.29, 0.717) is 56.0 Å². The average Bonchev–Trinajstić information content (AvgIpc) is 2.76. The molecule has 0 spiro atoms. The van der Waals surface area contributed by atoms with Gasteiger partial charge in [0.05, 0.1) is 17.0 Å². The first kappa shape index (κ1) is 22.2. The van der Waals surface area contributed by atoms with Crippen molar-refractivity contribution in [2.75, 3.05) is 38.2 Å². The van der Waals surface area contributed by atoms with Crippen molar-refractivity contribution in [3.8, 4) is 11.4 Å². The SMILES string of the molecule is CS(=O)(=O)SCCCC(=O)N1CCN(C(=O)c2ccc(-c3ccccn3)nc2)CC1. The van der Waals surface area contributed by atoms with Gasteiger partial charge in [-0.25, -0.2) is 8.42 Å². The molecule has 1 fully saturated rings. The molecule has 1 aliphatic rings. The number of amides is 2. The van der Waals surface area contributed by atoms with E-state index in [1.165, 1.54) is 0 Å². The minimum Gasteiger partial charge on any atom is -0.339 e. The first-order valence-corrected chi connectivity index (χ1v) is 13.0. The molecular formula is C20H24N4O4S2. The van der Waals surface area contributed by atoms with Crippen LogP contribution in [0.4, 0.5) is 0 Å². The van der Waals surface area contributed by atoms with Crippen LogP contribution in [-0.4, -0.2) is 78.2 Å². The summed E-state index contributed by atoms with van der Waals surface area (Å²) >= 11 is 0. The van der Waals surface area contributed by atoms with Crippen LogP contribution in [0.3, 0.4) is 0 Å². The molecule has 30 heavy (non-hydrogen) atoms. The highest BCUT2D eigenvalue weighted by atomic mass is 33.1. The van der Waals surface area contributed by atoms with Crippen LogP contribution in [0.25, 0.3) is 11.4 Å². The molecule has 1 saturated heterocycles. The van der Waals surface area contributed by atoms with E-state index in [9.17, 15) is 18.0 Å². The fraction of sp³-hybridized carbons (Fsp3) is 0.400. The number of pyridine rings is 2. The standard InChI is InChI=1S/C20H24N4O4S2/c1-30(27,28)29-14-4-6-19(25)23-10-12-24(13-11-23)20(26)16-7-8-18(22-15-16)17-5-2-3-9-21-17/h2-3,5,7-9,15H,4,6,10-14H2,1H3. The molecule has 0 atom stereocenters. The number of aromatic nitrogens is 2. The molecule has 0 unspecified atom stereocenters. The maximum absolute atomic E-state index is 12.7. The Hall–Kier alpha value is -2.46. The molecule has 2 aromatic heterocycles. The second-order valence-corrected chi connectivity index (χ2v) is 11.5. The van der Waals surface area contributed by atoms with Gasteiger partial charge in [-0.2, -0.15) is 0 Å². The third-order valence-corrected chi connectivity index (χ3v) is 7.36. The van der Waals surface area contributed by atoms with Crippen molar-refractivity contribution < 1.29 is 18.0 Å². The van der Waals surface area contributed by atoms with Crippen LogP contribution in [0, 0.1) is 0 Å². The summed E-state index contributed by atoms with van der Waals surface area (Å²) in [5, 5.41) is 0. The molecule has 10 heteroatoms. The quantitative estimate of drug-likeness (QED) is 0.471. The Balaban J connectivity index is 1.47. The number of hydrogen-bond donors (Lipinski definition) is 0. The van der Waals surface area contributed by atoms with Gasteiger partial charge in [0.25, 0.3) is 5.91 Å². The minimum atomic E-state index is -3.07. The Morgan fingerprint density at radius 3 is 2.30 bits per heavy atom. The van der Waals surface area contributed by atoms with Gasteiger partial charge in [-0.05, 0) is 41.5 Å². The van der Waals surface area contributed by atoms with E-state index >= 15 is 0 Å². The highest BCUT2D eigenvalue weighted by Gasteiger charge is 2.25. The molecule has 3 heterocycles. The van der Waals surface area contributed by atoms with Gasteiger partial charge in [0.2, 0.25) is 5.91 Å². The third-order valence-electron chi connectivity index (χ3n) is 4.69. The summed E-state index contributed by atoms with van der Waals surface area (Å²) in [6, 6.07) is 9.11. The summed E-state index contributed by atoms with van der Waals surface area (Å²) < 4.78 is 22.2.